The van der Waals surface area contributed by atoms with Crippen molar-refractivity contribution < 1.29 is 35.4 Å². The van der Waals surface area contributed by atoms with Gasteiger partial charge >= 0.3 is 0 Å². The van der Waals surface area contributed by atoms with Crippen LogP contribution in [0.3, 0.4) is 0 Å². The van der Waals surface area contributed by atoms with Gasteiger partial charge in [-0.1, -0.05) is 6.92 Å². The number of allylic oxidation sites excluding steroid dienone is 1. The van der Waals surface area contributed by atoms with Crippen LogP contribution in [0.1, 0.15) is 31.9 Å². The van der Waals surface area contributed by atoms with E-state index in [0.29, 0.717) is 16.9 Å². The molecule has 1 atom stereocenters. The Morgan fingerprint density at radius 1 is 1.43 bits per heavy atom. The second-order valence-corrected chi connectivity index (χ2v) is 4.87. The Kier molecular flexibility index (Phi) is 9.09. The monoisotopic (exact) mass is 484 g/mol. The van der Waals surface area contributed by atoms with Crippen LogP contribution < -0.4 is 10.1 Å². The molecule has 0 heterocycles. The minimum absolute atomic E-state index is 0. The summed E-state index contributed by atoms with van der Waals surface area (Å²) >= 11 is 0. The fraction of sp³-hybridized carbons (Fsp3) is 0.312. The molecule has 0 aliphatic heterocycles. The van der Waals surface area contributed by atoms with Gasteiger partial charge in [-0.25, -0.2) is 0 Å². The van der Waals surface area contributed by atoms with Gasteiger partial charge in [0.1, 0.15) is 5.75 Å². The molecule has 0 radical (unpaired) electrons. The van der Waals surface area contributed by atoms with Crippen molar-refractivity contribution in [3.63, 3.8) is 0 Å². The van der Waals surface area contributed by atoms with Crippen molar-refractivity contribution in [1.82, 2.24) is 5.32 Å². The number of nitrogens with one attached hydrogen (secondary N) is 2. The molecular formula is C16H18N3O3W-. The third-order valence-electron chi connectivity index (χ3n) is 2.62. The summed E-state index contributed by atoms with van der Waals surface area (Å²) in [5.74, 6) is -0.251. The Morgan fingerprint density at radius 3 is 2.57 bits per heavy atom. The molecule has 0 aliphatic carbocycles. The van der Waals surface area contributed by atoms with E-state index in [0.717, 1.165) is 0 Å². The first-order chi connectivity index (χ1) is 10.3. The molecule has 6 nitrogen and oxygen atoms in total. The van der Waals surface area contributed by atoms with Gasteiger partial charge in [-0.05, 0) is 24.3 Å². The molecule has 1 aromatic carbocycles. The molecule has 7 heteroatoms. The van der Waals surface area contributed by atoms with Crippen molar-refractivity contribution >= 4 is 17.8 Å². The van der Waals surface area contributed by atoms with Gasteiger partial charge in [-0.2, -0.15) is 5.26 Å². The Balaban J connectivity index is 0.00000484. The molecule has 0 aromatic heterocycles. The number of Topliss-reactive ketones (excluding diaryl/α,β-unsaturated/α-hetero) is 1. The predicted octanol–water partition coefficient (Wildman–Crippen LogP) is 2.44. The summed E-state index contributed by atoms with van der Waals surface area (Å²) in [5.41, 5.74) is 8.59. The normalized spacial score (nSPS) is 11.7. The minimum Gasteiger partial charge on any atom is -0.672 e. The van der Waals surface area contributed by atoms with Crippen molar-refractivity contribution in [3.8, 4) is 11.8 Å². The molecular weight excluding hydrogens is 466 g/mol. The Bertz CT molecular complexity index is 648. The second-order valence-electron chi connectivity index (χ2n) is 4.87. The van der Waals surface area contributed by atoms with Crippen molar-refractivity contribution in [2.45, 2.75) is 26.8 Å². The number of ether oxygens (including phenoxy) is 1. The minimum atomic E-state index is -0.426. The van der Waals surface area contributed by atoms with Gasteiger partial charge in [-0.3, -0.25) is 9.59 Å². The quantitative estimate of drug-likeness (QED) is 0.627. The average molecular weight is 484 g/mol. The van der Waals surface area contributed by atoms with Crippen LogP contribution in [0.5, 0.6) is 5.75 Å². The number of ketones is 1. The van der Waals surface area contributed by atoms with Crippen LogP contribution in [0.25, 0.3) is 11.8 Å². The van der Waals surface area contributed by atoms with E-state index in [2.05, 4.69) is 5.32 Å². The van der Waals surface area contributed by atoms with Crippen LogP contribution in [0.4, 0.5) is 0 Å². The first kappa shape index (κ1) is 21.0. The summed E-state index contributed by atoms with van der Waals surface area (Å²) in [6.07, 6.45) is 1.49. The van der Waals surface area contributed by atoms with Crippen LogP contribution in [0.15, 0.2) is 23.9 Å². The van der Waals surface area contributed by atoms with E-state index in [1.807, 2.05) is 6.07 Å². The Labute approximate surface area is 149 Å². The molecule has 0 spiro atoms. The van der Waals surface area contributed by atoms with Crippen LogP contribution in [-0.4, -0.2) is 24.3 Å². The number of benzene rings is 1. The SMILES string of the molecule is CC(=O)N/C(=C\c1ccc(C#N)cc1OCC(C)[NH-])C(C)=O.[W]. The third kappa shape index (κ3) is 7.23. The van der Waals surface area contributed by atoms with E-state index in [1.165, 1.54) is 19.9 Å². The van der Waals surface area contributed by atoms with Gasteiger partial charge in [0.25, 0.3) is 0 Å². The van der Waals surface area contributed by atoms with E-state index in [4.69, 9.17) is 15.7 Å². The first-order valence-electron chi connectivity index (χ1n) is 6.71. The number of carbonyl (C=O) groups excluding carboxylic acids is 2. The summed E-state index contributed by atoms with van der Waals surface area (Å²) in [7, 11) is 0. The maximum Gasteiger partial charge on any atom is 0.221 e. The van der Waals surface area contributed by atoms with Crippen molar-refractivity contribution in [1.29, 1.82) is 5.26 Å². The summed E-state index contributed by atoms with van der Waals surface area (Å²) in [5, 5.41) is 11.4. The number of hydrogen-bond donors (Lipinski definition) is 1. The molecule has 122 valence electrons. The fourth-order valence-electron chi connectivity index (χ4n) is 1.63. The molecule has 23 heavy (non-hydrogen) atoms. The van der Waals surface area contributed by atoms with E-state index in [9.17, 15) is 9.59 Å². The molecule has 1 aromatic rings. The third-order valence-corrected chi connectivity index (χ3v) is 2.62. The largest absolute Gasteiger partial charge is 0.672 e. The molecule has 1 rings (SSSR count). The maximum absolute atomic E-state index is 11.6. The van der Waals surface area contributed by atoms with Gasteiger partial charge in [0.2, 0.25) is 5.91 Å². The van der Waals surface area contributed by atoms with Gasteiger partial charge in [0, 0.05) is 40.5 Å². The molecule has 0 bridgehead atoms. The van der Waals surface area contributed by atoms with E-state index >= 15 is 0 Å². The molecule has 1 unspecified atom stereocenters. The molecule has 0 aliphatic rings. The number of nitriles is 1. The topological polar surface area (TPSA) is 103 Å². The molecule has 1 amide bonds. The number of rotatable bonds is 6. The number of hydrogen-bond acceptors (Lipinski definition) is 4. The molecule has 0 fully saturated rings. The van der Waals surface area contributed by atoms with E-state index in [-0.39, 0.29) is 45.1 Å². The smallest absolute Gasteiger partial charge is 0.221 e. The molecule has 0 saturated carbocycles. The van der Waals surface area contributed by atoms with Crippen LogP contribution in [0, 0.1) is 11.3 Å². The first-order valence-corrected chi connectivity index (χ1v) is 6.71. The van der Waals surface area contributed by atoms with Gasteiger partial charge in [0.05, 0.1) is 23.9 Å². The van der Waals surface area contributed by atoms with Crippen molar-refractivity contribution in [2.24, 2.45) is 0 Å². The zero-order valence-electron chi connectivity index (χ0n) is 13.2. The number of amides is 1. The Hall–Kier alpha value is -1.96. The zero-order chi connectivity index (χ0) is 16.7. The van der Waals surface area contributed by atoms with Gasteiger partial charge < -0.3 is 15.8 Å². The summed E-state index contributed by atoms with van der Waals surface area (Å²) in [6.45, 7) is 4.50. The predicted molar refractivity (Wildman–Crippen MR) is 82.9 cm³/mol. The van der Waals surface area contributed by atoms with E-state index in [1.54, 1.807) is 25.1 Å². The number of carbonyl (C=O) groups is 2. The van der Waals surface area contributed by atoms with Gasteiger partial charge in [-0.15, -0.1) is 6.04 Å². The summed E-state index contributed by atoms with van der Waals surface area (Å²) < 4.78 is 5.52. The second kappa shape index (κ2) is 9.93. The van der Waals surface area contributed by atoms with Crippen LogP contribution in [-0.2, 0) is 30.7 Å². The van der Waals surface area contributed by atoms with Gasteiger partial charge in [0.15, 0.2) is 5.78 Å². The number of nitrogens with zero attached hydrogens (tertiary/aromatic N) is 1. The van der Waals surface area contributed by atoms with E-state index < -0.39 is 6.04 Å². The van der Waals surface area contributed by atoms with Crippen molar-refractivity contribution in [3.05, 3.63) is 40.8 Å². The maximum atomic E-state index is 11.6. The average Bonchev–Trinajstić information content (AvgIpc) is 2.44. The molecule has 0 saturated heterocycles. The zero-order valence-corrected chi connectivity index (χ0v) is 16.1. The summed E-state index contributed by atoms with van der Waals surface area (Å²) in [4.78, 5) is 22.7. The summed E-state index contributed by atoms with van der Waals surface area (Å²) in [6, 6.07) is 6.35. The van der Waals surface area contributed by atoms with Crippen molar-refractivity contribution in [2.75, 3.05) is 6.61 Å². The van der Waals surface area contributed by atoms with Crippen LogP contribution >= 0.6 is 0 Å². The Morgan fingerprint density at radius 2 is 2.09 bits per heavy atom. The molecule has 2 N–H and O–H groups in total. The standard InChI is InChI=1S/C16H18N3O3.W/c1-10(18)9-22-16-6-13(8-17)4-5-14(16)7-15(11(2)20)19-12(3)21;/h4-7,10,18H,9H2,1-3H3,(H,19,21);/q-1;/b15-7-;. The fourth-order valence-corrected chi connectivity index (χ4v) is 1.63. The van der Waals surface area contributed by atoms with Crippen LogP contribution in [0.2, 0.25) is 0 Å².